The Morgan fingerprint density at radius 2 is 2.08 bits per heavy atom. The minimum atomic E-state index is -0.0508. The summed E-state index contributed by atoms with van der Waals surface area (Å²) in [7, 11) is 0. The SMILES string of the molecule is CCNC(=NCc1cccc(C(=O)NCC2CCCO2)c1)NCC1CC1. The molecule has 3 N–H and O–H groups in total. The first-order valence-corrected chi connectivity index (χ1v) is 9.75. The second kappa shape index (κ2) is 9.57. The number of benzene rings is 1. The van der Waals surface area contributed by atoms with Gasteiger partial charge in [0, 0.05) is 31.8 Å². The Bertz CT molecular complexity index is 622. The molecular weight excluding hydrogens is 328 g/mol. The molecule has 1 saturated carbocycles. The minimum absolute atomic E-state index is 0.0508. The van der Waals surface area contributed by atoms with Crippen molar-refractivity contribution in [1.82, 2.24) is 16.0 Å². The van der Waals surface area contributed by atoms with E-state index in [9.17, 15) is 4.79 Å². The van der Waals surface area contributed by atoms with Crippen molar-refractivity contribution in [2.24, 2.45) is 10.9 Å². The summed E-state index contributed by atoms with van der Waals surface area (Å²) >= 11 is 0. The third-order valence-electron chi connectivity index (χ3n) is 4.72. The molecule has 0 aromatic heterocycles. The largest absolute Gasteiger partial charge is 0.376 e. The Morgan fingerprint density at radius 1 is 1.19 bits per heavy atom. The zero-order chi connectivity index (χ0) is 18.2. The van der Waals surface area contributed by atoms with Crippen molar-refractivity contribution >= 4 is 11.9 Å². The number of hydrogen-bond donors (Lipinski definition) is 3. The van der Waals surface area contributed by atoms with Crippen LogP contribution in [0.2, 0.25) is 0 Å². The molecule has 1 aromatic rings. The van der Waals surface area contributed by atoms with Crippen molar-refractivity contribution in [3.05, 3.63) is 35.4 Å². The van der Waals surface area contributed by atoms with Crippen LogP contribution in [-0.2, 0) is 11.3 Å². The number of hydrogen-bond acceptors (Lipinski definition) is 3. The number of rotatable bonds is 8. The zero-order valence-corrected chi connectivity index (χ0v) is 15.6. The van der Waals surface area contributed by atoms with Crippen LogP contribution in [0.3, 0.4) is 0 Å². The summed E-state index contributed by atoms with van der Waals surface area (Å²) in [4.78, 5) is 17.0. The minimum Gasteiger partial charge on any atom is -0.376 e. The lowest BCUT2D eigenvalue weighted by Gasteiger charge is -2.12. The average molecular weight is 358 g/mol. The third-order valence-corrected chi connectivity index (χ3v) is 4.72. The van der Waals surface area contributed by atoms with Gasteiger partial charge < -0.3 is 20.7 Å². The molecule has 6 nitrogen and oxygen atoms in total. The number of nitrogens with zero attached hydrogens (tertiary/aromatic N) is 1. The van der Waals surface area contributed by atoms with Gasteiger partial charge in [-0.15, -0.1) is 0 Å². The van der Waals surface area contributed by atoms with Crippen molar-refractivity contribution < 1.29 is 9.53 Å². The monoisotopic (exact) mass is 358 g/mol. The lowest BCUT2D eigenvalue weighted by Crippen LogP contribution is -2.38. The van der Waals surface area contributed by atoms with E-state index in [0.29, 0.717) is 18.7 Å². The highest BCUT2D eigenvalue weighted by Gasteiger charge is 2.21. The van der Waals surface area contributed by atoms with Crippen LogP contribution in [0.4, 0.5) is 0 Å². The third kappa shape index (κ3) is 6.02. The fourth-order valence-corrected chi connectivity index (χ4v) is 3.00. The Labute approximate surface area is 155 Å². The number of amides is 1. The first-order chi connectivity index (χ1) is 12.7. The van der Waals surface area contributed by atoms with E-state index < -0.39 is 0 Å². The zero-order valence-electron chi connectivity index (χ0n) is 15.6. The van der Waals surface area contributed by atoms with Crippen molar-refractivity contribution in [2.75, 3.05) is 26.2 Å². The highest BCUT2D eigenvalue weighted by molar-refractivity contribution is 5.94. The number of ether oxygens (including phenoxy) is 1. The summed E-state index contributed by atoms with van der Waals surface area (Å²) < 4.78 is 5.55. The Morgan fingerprint density at radius 3 is 2.81 bits per heavy atom. The van der Waals surface area contributed by atoms with Gasteiger partial charge in [-0.1, -0.05) is 12.1 Å². The fourth-order valence-electron chi connectivity index (χ4n) is 3.00. The molecule has 142 valence electrons. The topological polar surface area (TPSA) is 74.8 Å². The summed E-state index contributed by atoms with van der Waals surface area (Å²) in [5.74, 6) is 1.59. The number of carbonyl (C=O) groups is 1. The second-order valence-electron chi connectivity index (χ2n) is 7.06. The molecule has 2 aliphatic rings. The molecule has 0 radical (unpaired) electrons. The van der Waals surface area contributed by atoms with Crippen molar-refractivity contribution in [3.63, 3.8) is 0 Å². The molecule has 6 heteroatoms. The molecule has 3 rings (SSSR count). The predicted octanol–water partition coefficient (Wildman–Crippen LogP) is 2.06. The normalized spacial score (nSPS) is 20.0. The molecule has 1 aromatic carbocycles. The number of nitrogens with one attached hydrogen (secondary N) is 3. The molecule has 2 fully saturated rings. The van der Waals surface area contributed by atoms with Gasteiger partial charge in [-0.25, -0.2) is 4.99 Å². The molecule has 1 aliphatic heterocycles. The van der Waals surface area contributed by atoms with Gasteiger partial charge in [-0.2, -0.15) is 0 Å². The summed E-state index contributed by atoms with van der Waals surface area (Å²) in [5, 5.41) is 9.63. The summed E-state index contributed by atoms with van der Waals surface area (Å²) in [6.45, 7) is 5.81. The van der Waals surface area contributed by atoms with E-state index in [2.05, 4.69) is 27.9 Å². The molecule has 0 spiro atoms. The summed E-state index contributed by atoms with van der Waals surface area (Å²) in [6.07, 6.45) is 4.89. The second-order valence-corrected chi connectivity index (χ2v) is 7.06. The summed E-state index contributed by atoms with van der Waals surface area (Å²) in [6, 6.07) is 7.68. The van der Waals surface area contributed by atoms with Gasteiger partial charge >= 0.3 is 0 Å². The predicted molar refractivity (Wildman–Crippen MR) is 103 cm³/mol. The summed E-state index contributed by atoms with van der Waals surface area (Å²) in [5.41, 5.74) is 1.70. The number of carbonyl (C=O) groups excluding carboxylic acids is 1. The van der Waals surface area contributed by atoms with Crippen molar-refractivity contribution in [1.29, 1.82) is 0 Å². The van der Waals surface area contributed by atoms with Gasteiger partial charge in [0.05, 0.1) is 12.6 Å². The van der Waals surface area contributed by atoms with E-state index in [0.717, 1.165) is 50.0 Å². The molecule has 26 heavy (non-hydrogen) atoms. The van der Waals surface area contributed by atoms with E-state index in [4.69, 9.17) is 4.74 Å². The van der Waals surface area contributed by atoms with Crippen LogP contribution in [0, 0.1) is 5.92 Å². The van der Waals surface area contributed by atoms with Gasteiger partial charge in [-0.05, 0) is 56.2 Å². The van der Waals surface area contributed by atoms with Crippen LogP contribution in [0.15, 0.2) is 29.3 Å². The molecule has 1 atom stereocenters. The lowest BCUT2D eigenvalue weighted by molar-refractivity contribution is 0.0857. The van der Waals surface area contributed by atoms with Gasteiger partial charge in [0.1, 0.15) is 0 Å². The van der Waals surface area contributed by atoms with Crippen LogP contribution < -0.4 is 16.0 Å². The van der Waals surface area contributed by atoms with E-state index >= 15 is 0 Å². The van der Waals surface area contributed by atoms with Gasteiger partial charge in [0.15, 0.2) is 5.96 Å². The number of guanidine groups is 1. The van der Waals surface area contributed by atoms with Crippen LogP contribution in [0.1, 0.15) is 48.5 Å². The first-order valence-electron chi connectivity index (χ1n) is 9.75. The molecule has 1 saturated heterocycles. The fraction of sp³-hybridized carbons (Fsp3) is 0.600. The van der Waals surface area contributed by atoms with E-state index in [1.807, 2.05) is 24.3 Å². The van der Waals surface area contributed by atoms with Gasteiger partial charge in [-0.3, -0.25) is 4.79 Å². The van der Waals surface area contributed by atoms with Gasteiger partial charge in [0.25, 0.3) is 5.91 Å². The Kier molecular flexibility index (Phi) is 6.89. The molecule has 1 amide bonds. The smallest absolute Gasteiger partial charge is 0.251 e. The van der Waals surface area contributed by atoms with Crippen LogP contribution in [0.25, 0.3) is 0 Å². The average Bonchev–Trinajstić information content (AvgIpc) is 3.35. The van der Waals surface area contributed by atoms with Crippen LogP contribution in [-0.4, -0.2) is 44.2 Å². The maximum Gasteiger partial charge on any atom is 0.251 e. The molecule has 1 unspecified atom stereocenters. The van der Waals surface area contributed by atoms with Crippen molar-refractivity contribution in [3.8, 4) is 0 Å². The molecular formula is C20H30N4O2. The lowest BCUT2D eigenvalue weighted by atomic mass is 10.1. The van der Waals surface area contributed by atoms with Crippen LogP contribution in [0.5, 0.6) is 0 Å². The van der Waals surface area contributed by atoms with E-state index in [1.165, 1.54) is 12.8 Å². The molecule has 0 bridgehead atoms. The van der Waals surface area contributed by atoms with Crippen LogP contribution >= 0.6 is 0 Å². The van der Waals surface area contributed by atoms with Gasteiger partial charge in [0.2, 0.25) is 0 Å². The standard InChI is InChI=1S/C20H30N4O2/c1-2-21-20(23-12-15-8-9-15)24-13-16-5-3-6-17(11-16)19(25)22-14-18-7-4-10-26-18/h3,5-6,11,15,18H,2,4,7-10,12-14H2,1H3,(H,22,25)(H2,21,23,24). The van der Waals surface area contributed by atoms with Crippen molar-refractivity contribution in [2.45, 2.75) is 45.3 Å². The highest BCUT2D eigenvalue weighted by atomic mass is 16.5. The Hall–Kier alpha value is -2.08. The molecule has 1 heterocycles. The maximum atomic E-state index is 12.4. The molecule has 1 aliphatic carbocycles. The van der Waals surface area contributed by atoms with E-state index in [-0.39, 0.29) is 12.0 Å². The highest BCUT2D eigenvalue weighted by Crippen LogP contribution is 2.27. The maximum absolute atomic E-state index is 12.4. The first kappa shape index (κ1) is 18.7. The number of aliphatic imine (C=N–C) groups is 1. The van der Waals surface area contributed by atoms with E-state index in [1.54, 1.807) is 0 Å². The quantitative estimate of drug-likeness (QED) is 0.491. The Balaban J connectivity index is 1.52.